The molecule has 2 fully saturated rings. The van der Waals surface area contributed by atoms with Gasteiger partial charge in [-0.15, -0.1) is 0 Å². The Morgan fingerprint density at radius 2 is 1.95 bits per heavy atom. The summed E-state index contributed by atoms with van der Waals surface area (Å²) in [5, 5.41) is 0. The van der Waals surface area contributed by atoms with Gasteiger partial charge in [0.2, 0.25) is 0 Å². The molecule has 1 aliphatic heterocycles. The molecule has 0 radical (unpaired) electrons. The summed E-state index contributed by atoms with van der Waals surface area (Å²) in [4.78, 5) is 14.9. The number of methoxy groups -OCH3 is 1. The van der Waals surface area contributed by atoms with Gasteiger partial charge < -0.3 is 9.64 Å². The summed E-state index contributed by atoms with van der Waals surface area (Å²) in [5.74, 6) is 1.50. The summed E-state index contributed by atoms with van der Waals surface area (Å²) in [6.07, 6.45) is 5.82. The lowest BCUT2D eigenvalue weighted by Crippen LogP contribution is -2.44. The van der Waals surface area contributed by atoms with Crippen LogP contribution < -0.4 is 0 Å². The van der Waals surface area contributed by atoms with Gasteiger partial charge in [0.1, 0.15) is 5.78 Å². The van der Waals surface area contributed by atoms with Crippen LogP contribution in [0.3, 0.4) is 0 Å². The number of hydrogen-bond acceptors (Lipinski definition) is 3. The van der Waals surface area contributed by atoms with Crippen LogP contribution in [-0.2, 0) is 9.53 Å². The third kappa shape index (κ3) is 3.79. The molecule has 0 N–H and O–H groups in total. The molecule has 0 aromatic carbocycles. The lowest BCUT2D eigenvalue weighted by atomic mass is 9.71. The van der Waals surface area contributed by atoms with Crippen LogP contribution in [0, 0.1) is 17.3 Å². The quantitative estimate of drug-likeness (QED) is 0.784. The number of Topliss-reactive ketones (excluding diaryl/α,β-unsaturated/α-hetero) is 1. The van der Waals surface area contributed by atoms with Gasteiger partial charge in [0.25, 0.3) is 0 Å². The molecular formula is C16H29NO2. The Labute approximate surface area is 117 Å². The summed E-state index contributed by atoms with van der Waals surface area (Å²) in [5.41, 5.74) is -0.0860. The lowest BCUT2D eigenvalue weighted by Gasteiger charge is -2.38. The van der Waals surface area contributed by atoms with Crippen LogP contribution in [0.4, 0.5) is 0 Å². The Morgan fingerprint density at radius 3 is 2.58 bits per heavy atom. The fourth-order valence-corrected chi connectivity index (χ4v) is 3.65. The number of rotatable bonds is 4. The molecule has 1 heterocycles. The molecule has 3 heteroatoms. The van der Waals surface area contributed by atoms with E-state index in [1.165, 1.54) is 19.3 Å². The molecule has 1 saturated heterocycles. The summed E-state index contributed by atoms with van der Waals surface area (Å²) in [7, 11) is 1.79. The first-order chi connectivity index (χ1) is 9.03. The molecule has 3 nitrogen and oxygen atoms in total. The highest BCUT2D eigenvalue weighted by Gasteiger charge is 2.38. The van der Waals surface area contributed by atoms with E-state index in [2.05, 4.69) is 18.7 Å². The van der Waals surface area contributed by atoms with E-state index in [-0.39, 0.29) is 11.3 Å². The van der Waals surface area contributed by atoms with Crippen molar-refractivity contribution in [3.63, 3.8) is 0 Å². The Bertz CT molecular complexity index is 306. The zero-order chi connectivity index (χ0) is 13.9. The first-order valence-electron chi connectivity index (χ1n) is 7.78. The molecule has 2 aliphatic rings. The van der Waals surface area contributed by atoms with Gasteiger partial charge in [0.05, 0.1) is 0 Å². The smallest absolute Gasteiger partial charge is 0.142 e. The highest BCUT2D eigenvalue weighted by atomic mass is 16.5. The highest BCUT2D eigenvalue weighted by Crippen LogP contribution is 2.36. The Morgan fingerprint density at radius 1 is 1.26 bits per heavy atom. The number of nitrogens with zero attached hydrogens (tertiary/aromatic N) is 1. The van der Waals surface area contributed by atoms with Gasteiger partial charge in [-0.2, -0.15) is 0 Å². The normalized spacial score (nSPS) is 29.6. The topological polar surface area (TPSA) is 29.5 Å². The number of hydrogen-bond donors (Lipinski definition) is 0. The lowest BCUT2D eigenvalue weighted by molar-refractivity contribution is -0.135. The average molecular weight is 267 g/mol. The van der Waals surface area contributed by atoms with Crippen molar-refractivity contribution in [2.45, 2.75) is 46.0 Å². The molecule has 0 spiro atoms. The molecule has 1 aliphatic carbocycles. The van der Waals surface area contributed by atoms with Gasteiger partial charge in [0.15, 0.2) is 0 Å². The summed E-state index contributed by atoms with van der Waals surface area (Å²) < 4.78 is 5.24. The van der Waals surface area contributed by atoms with Gasteiger partial charge in [0, 0.05) is 31.6 Å². The fraction of sp³-hybridized carbons (Fsp3) is 0.938. The third-order valence-electron chi connectivity index (χ3n) is 4.98. The van der Waals surface area contributed by atoms with Gasteiger partial charge in [-0.3, -0.25) is 4.79 Å². The van der Waals surface area contributed by atoms with Crippen molar-refractivity contribution >= 4 is 5.78 Å². The van der Waals surface area contributed by atoms with Gasteiger partial charge in [-0.1, -0.05) is 20.3 Å². The molecule has 2 rings (SSSR count). The minimum atomic E-state index is -0.0860. The zero-order valence-corrected chi connectivity index (χ0v) is 12.8. The van der Waals surface area contributed by atoms with Crippen molar-refractivity contribution in [1.82, 2.24) is 4.90 Å². The Hall–Kier alpha value is -0.410. The molecule has 1 saturated carbocycles. The maximum Gasteiger partial charge on any atom is 0.142 e. The predicted octanol–water partition coefficient (Wildman–Crippen LogP) is 2.74. The molecule has 19 heavy (non-hydrogen) atoms. The Kier molecular flexibility index (Phi) is 5.02. The average Bonchev–Trinajstić information content (AvgIpc) is 2.38. The minimum Gasteiger partial charge on any atom is -0.384 e. The van der Waals surface area contributed by atoms with Crippen molar-refractivity contribution in [1.29, 1.82) is 0 Å². The van der Waals surface area contributed by atoms with Crippen LogP contribution in [0.2, 0.25) is 0 Å². The van der Waals surface area contributed by atoms with E-state index in [1.807, 2.05) is 0 Å². The molecular weight excluding hydrogens is 238 g/mol. The number of ketones is 1. The second-order valence-corrected chi connectivity index (χ2v) is 7.04. The van der Waals surface area contributed by atoms with Crippen LogP contribution in [0.25, 0.3) is 0 Å². The molecule has 0 aromatic heterocycles. The van der Waals surface area contributed by atoms with Crippen LogP contribution >= 0.6 is 0 Å². The monoisotopic (exact) mass is 267 g/mol. The van der Waals surface area contributed by atoms with Gasteiger partial charge in [-0.25, -0.2) is 0 Å². The number of likely N-dealkylation sites (tertiary alicyclic amines) is 1. The fourth-order valence-electron chi connectivity index (χ4n) is 3.65. The second-order valence-electron chi connectivity index (χ2n) is 7.04. The van der Waals surface area contributed by atoms with Crippen LogP contribution in [0.5, 0.6) is 0 Å². The van der Waals surface area contributed by atoms with Crippen molar-refractivity contribution in [2.24, 2.45) is 17.3 Å². The molecule has 1 unspecified atom stereocenters. The van der Waals surface area contributed by atoms with Crippen LogP contribution in [-0.4, -0.2) is 44.0 Å². The molecule has 0 amide bonds. The van der Waals surface area contributed by atoms with Gasteiger partial charge in [-0.05, 0) is 44.7 Å². The van der Waals surface area contributed by atoms with E-state index >= 15 is 0 Å². The van der Waals surface area contributed by atoms with E-state index in [1.54, 1.807) is 7.11 Å². The van der Waals surface area contributed by atoms with Crippen LogP contribution in [0.15, 0.2) is 0 Å². The third-order valence-corrected chi connectivity index (χ3v) is 4.98. The van der Waals surface area contributed by atoms with E-state index in [0.717, 1.165) is 45.0 Å². The Balaban J connectivity index is 1.80. The zero-order valence-electron chi connectivity index (χ0n) is 12.8. The first-order valence-corrected chi connectivity index (χ1v) is 7.78. The minimum absolute atomic E-state index is 0.0860. The van der Waals surface area contributed by atoms with Crippen molar-refractivity contribution in [3.8, 4) is 0 Å². The second kappa shape index (κ2) is 6.36. The number of carbonyl (C=O) groups excluding carboxylic acids is 1. The molecule has 0 aromatic rings. The summed E-state index contributed by atoms with van der Waals surface area (Å²) in [6.45, 7) is 8.39. The van der Waals surface area contributed by atoms with Gasteiger partial charge >= 0.3 is 0 Å². The maximum absolute atomic E-state index is 12.4. The molecule has 110 valence electrons. The van der Waals surface area contributed by atoms with Crippen molar-refractivity contribution < 1.29 is 9.53 Å². The SMILES string of the molecule is COCC1CCN(CC2CCCC(C)(C)C2=O)CC1. The maximum atomic E-state index is 12.4. The predicted molar refractivity (Wildman–Crippen MR) is 77.2 cm³/mol. The van der Waals surface area contributed by atoms with Crippen molar-refractivity contribution in [3.05, 3.63) is 0 Å². The van der Waals surface area contributed by atoms with E-state index < -0.39 is 0 Å². The summed E-state index contributed by atoms with van der Waals surface area (Å²) in [6, 6.07) is 0. The highest BCUT2D eigenvalue weighted by molar-refractivity contribution is 5.87. The number of carbonyl (C=O) groups is 1. The number of piperidine rings is 1. The number of ether oxygens (including phenoxy) is 1. The first kappa shape index (κ1) is 15.0. The molecule has 1 atom stereocenters. The standard InChI is InChI=1S/C16H29NO2/c1-16(2)8-4-5-14(15(16)18)11-17-9-6-13(7-10-17)12-19-3/h13-14H,4-12H2,1-3H3. The molecule has 0 bridgehead atoms. The van der Waals surface area contributed by atoms with Crippen molar-refractivity contribution in [2.75, 3.05) is 33.4 Å². The van der Waals surface area contributed by atoms with Crippen LogP contribution in [0.1, 0.15) is 46.0 Å². The van der Waals surface area contributed by atoms with E-state index in [4.69, 9.17) is 4.74 Å². The largest absolute Gasteiger partial charge is 0.384 e. The summed E-state index contributed by atoms with van der Waals surface area (Å²) >= 11 is 0. The van der Waals surface area contributed by atoms with E-state index in [0.29, 0.717) is 5.78 Å². The van der Waals surface area contributed by atoms with E-state index in [9.17, 15) is 4.79 Å².